The van der Waals surface area contributed by atoms with Crippen molar-refractivity contribution in [3.8, 4) is 0 Å². The molecule has 0 unspecified atom stereocenters. The molecular formula is C17H26IN5. The molecule has 2 N–H and O–H groups in total. The van der Waals surface area contributed by atoms with Crippen molar-refractivity contribution in [1.29, 1.82) is 0 Å². The minimum atomic E-state index is 0. The second-order valence-electron chi connectivity index (χ2n) is 5.32. The van der Waals surface area contributed by atoms with Crippen LogP contribution < -0.4 is 10.6 Å². The molecule has 0 radical (unpaired) electrons. The first-order valence-corrected chi connectivity index (χ1v) is 7.74. The van der Waals surface area contributed by atoms with Crippen LogP contribution in [-0.2, 0) is 13.1 Å². The number of nitrogens with one attached hydrogen (secondary N) is 2. The Labute approximate surface area is 155 Å². The van der Waals surface area contributed by atoms with Crippen molar-refractivity contribution in [3.63, 3.8) is 0 Å². The van der Waals surface area contributed by atoms with Crippen molar-refractivity contribution in [1.82, 2.24) is 20.4 Å². The number of rotatable bonds is 6. The highest BCUT2D eigenvalue weighted by Gasteiger charge is 2.00. The highest BCUT2D eigenvalue weighted by Crippen LogP contribution is 2.11. The summed E-state index contributed by atoms with van der Waals surface area (Å²) in [4.78, 5) is 4.66. The van der Waals surface area contributed by atoms with Gasteiger partial charge in [-0.1, -0.05) is 23.8 Å². The third-order valence-electron chi connectivity index (χ3n) is 3.44. The van der Waals surface area contributed by atoms with Gasteiger partial charge in [-0.2, -0.15) is 5.10 Å². The number of hydrogen-bond donors (Lipinski definition) is 2. The Morgan fingerprint density at radius 3 is 2.74 bits per heavy atom. The lowest BCUT2D eigenvalue weighted by atomic mass is 10.1. The van der Waals surface area contributed by atoms with E-state index in [2.05, 4.69) is 59.7 Å². The Hall–Kier alpha value is -1.57. The van der Waals surface area contributed by atoms with Crippen molar-refractivity contribution >= 4 is 29.9 Å². The molecule has 0 bridgehead atoms. The summed E-state index contributed by atoms with van der Waals surface area (Å²) in [6, 6.07) is 8.42. The van der Waals surface area contributed by atoms with Gasteiger partial charge >= 0.3 is 0 Å². The van der Waals surface area contributed by atoms with Crippen molar-refractivity contribution in [2.75, 3.05) is 13.1 Å². The zero-order valence-corrected chi connectivity index (χ0v) is 16.4. The number of aromatic nitrogens is 2. The number of benzene rings is 1. The van der Waals surface area contributed by atoms with E-state index in [-0.39, 0.29) is 24.0 Å². The van der Waals surface area contributed by atoms with Gasteiger partial charge in [-0.3, -0.25) is 4.68 Å². The monoisotopic (exact) mass is 427 g/mol. The van der Waals surface area contributed by atoms with Crippen LogP contribution in [-0.4, -0.2) is 28.8 Å². The number of guanidine groups is 1. The largest absolute Gasteiger partial charge is 0.357 e. The van der Waals surface area contributed by atoms with Crippen LogP contribution in [0.15, 0.2) is 41.7 Å². The lowest BCUT2D eigenvalue weighted by molar-refractivity contribution is 0.598. The lowest BCUT2D eigenvalue weighted by Crippen LogP contribution is -2.38. The van der Waals surface area contributed by atoms with Crippen LogP contribution >= 0.6 is 24.0 Å². The standard InChI is InChI=1S/C17H25N5.HI/c1-4-18-17(19-9-11-22-10-5-8-21-22)20-13-16-7-6-14(2)12-15(16)3;/h5-8,10,12H,4,9,11,13H2,1-3H3,(H2,18,19,20);1H. The predicted molar refractivity (Wildman–Crippen MR) is 106 cm³/mol. The second-order valence-corrected chi connectivity index (χ2v) is 5.32. The molecule has 0 saturated heterocycles. The first-order valence-electron chi connectivity index (χ1n) is 7.74. The Morgan fingerprint density at radius 2 is 2.09 bits per heavy atom. The minimum Gasteiger partial charge on any atom is -0.357 e. The molecule has 0 spiro atoms. The molecule has 0 aliphatic carbocycles. The Bertz CT molecular complexity index is 607. The third-order valence-corrected chi connectivity index (χ3v) is 3.44. The van der Waals surface area contributed by atoms with Crippen LogP contribution in [0.3, 0.4) is 0 Å². The fourth-order valence-electron chi connectivity index (χ4n) is 2.25. The summed E-state index contributed by atoms with van der Waals surface area (Å²) >= 11 is 0. The van der Waals surface area contributed by atoms with Gasteiger partial charge in [0.25, 0.3) is 0 Å². The van der Waals surface area contributed by atoms with E-state index >= 15 is 0 Å². The quantitative estimate of drug-likeness (QED) is 0.424. The molecule has 1 aromatic carbocycles. The van der Waals surface area contributed by atoms with Crippen molar-refractivity contribution in [2.24, 2.45) is 4.99 Å². The molecular weight excluding hydrogens is 401 g/mol. The van der Waals surface area contributed by atoms with Gasteiger partial charge in [0, 0.05) is 25.5 Å². The minimum absolute atomic E-state index is 0. The second kappa shape index (κ2) is 10.3. The van der Waals surface area contributed by atoms with Gasteiger partial charge in [0.1, 0.15) is 0 Å². The summed E-state index contributed by atoms with van der Waals surface area (Å²) in [5.74, 6) is 0.842. The SMILES string of the molecule is CCNC(=NCc1ccc(C)cc1C)NCCn1cccn1.I. The van der Waals surface area contributed by atoms with E-state index in [0.717, 1.165) is 25.6 Å². The molecule has 2 rings (SSSR count). The van der Waals surface area contributed by atoms with Crippen LogP contribution in [0, 0.1) is 13.8 Å². The van der Waals surface area contributed by atoms with E-state index in [1.165, 1.54) is 16.7 Å². The smallest absolute Gasteiger partial charge is 0.191 e. The van der Waals surface area contributed by atoms with Crippen molar-refractivity contribution in [3.05, 3.63) is 53.3 Å². The summed E-state index contributed by atoms with van der Waals surface area (Å²) in [7, 11) is 0. The van der Waals surface area contributed by atoms with Gasteiger partial charge in [-0.25, -0.2) is 4.99 Å². The molecule has 1 heterocycles. The number of halogens is 1. The van der Waals surface area contributed by atoms with Crippen LogP contribution in [0.4, 0.5) is 0 Å². The molecule has 0 atom stereocenters. The molecule has 0 saturated carbocycles. The van der Waals surface area contributed by atoms with Crippen LogP contribution in [0.2, 0.25) is 0 Å². The van der Waals surface area contributed by atoms with E-state index in [0.29, 0.717) is 6.54 Å². The third kappa shape index (κ3) is 6.60. The summed E-state index contributed by atoms with van der Waals surface area (Å²) in [6.45, 7) is 9.46. The molecule has 1 aromatic heterocycles. The maximum Gasteiger partial charge on any atom is 0.191 e. The van der Waals surface area contributed by atoms with E-state index in [9.17, 15) is 0 Å². The summed E-state index contributed by atoms with van der Waals surface area (Å²) in [6.07, 6.45) is 3.75. The lowest BCUT2D eigenvalue weighted by Gasteiger charge is -2.12. The molecule has 0 aliphatic heterocycles. The molecule has 0 fully saturated rings. The van der Waals surface area contributed by atoms with E-state index in [4.69, 9.17) is 0 Å². The van der Waals surface area contributed by atoms with Crippen LogP contribution in [0.1, 0.15) is 23.6 Å². The highest BCUT2D eigenvalue weighted by molar-refractivity contribution is 14.0. The molecule has 0 amide bonds. The average molecular weight is 427 g/mol. The zero-order valence-electron chi connectivity index (χ0n) is 14.0. The topological polar surface area (TPSA) is 54.2 Å². The molecule has 5 nitrogen and oxygen atoms in total. The Morgan fingerprint density at radius 1 is 1.26 bits per heavy atom. The highest BCUT2D eigenvalue weighted by atomic mass is 127. The Kier molecular flexibility index (Phi) is 8.68. The van der Waals surface area contributed by atoms with Gasteiger partial charge in [-0.05, 0) is 38.0 Å². The molecule has 0 aliphatic rings. The van der Waals surface area contributed by atoms with Gasteiger partial charge in [0.15, 0.2) is 5.96 Å². The summed E-state index contributed by atoms with van der Waals surface area (Å²) in [5.41, 5.74) is 3.83. The predicted octanol–water partition coefficient (Wildman–Crippen LogP) is 2.87. The number of aliphatic imine (C=N–C) groups is 1. The van der Waals surface area contributed by atoms with E-state index in [1.54, 1.807) is 6.20 Å². The first-order chi connectivity index (χ1) is 10.7. The van der Waals surface area contributed by atoms with Crippen molar-refractivity contribution < 1.29 is 0 Å². The number of aryl methyl sites for hydroxylation is 2. The first kappa shape index (κ1) is 19.5. The molecule has 2 aromatic rings. The maximum atomic E-state index is 4.66. The Balaban J connectivity index is 0.00000264. The van der Waals surface area contributed by atoms with E-state index in [1.807, 2.05) is 16.9 Å². The molecule has 6 heteroatoms. The zero-order chi connectivity index (χ0) is 15.8. The average Bonchev–Trinajstić information content (AvgIpc) is 2.99. The normalized spacial score (nSPS) is 11.0. The fraction of sp³-hybridized carbons (Fsp3) is 0.412. The number of nitrogens with zero attached hydrogens (tertiary/aromatic N) is 3. The summed E-state index contributed by atoms with van der Waals surface area (Å²) in [5, 5.41) is 10.8. The summed E-state index contributed by atoms with van der Waals surface area (Å²) < 4.78 is 1.90. The van der Waals surface area contributed by atoms with Gasteiger partial charge in [0.2, 0.25) is 0 Å². The van der Waals surface area contributed by atoms with Gasteiger partial charge in [-0.15, -0.1) is 24.0 Å². The number of hydrogen-bond acceptors (Lipinski definition) is 2. The molecule has 126 valence electrons. The van der Waals surface area contributed by atoms with Gasteiger partial charge < -0.3 is 10.6 Å². The van der Waals surface area contributed by atoms with Crippen LogP contribution in [0.25, 0.3) is 0 Å². The van der Waals surface area contributed by atoms with Gasteiger partial charge in [0.05, 0.1) is 13.1 Å². The fourth-order valence-corrected chi connectivity index (χ4v) is 2.25. The van der Waals surface area contributed by atoms with Crippen molar-refractivity contribution in [2.45, 2.75) is 33.9 Å². The maximum absolute atomic E-state index is 4.66. The van der Waals surface area contributed by atoms with E-state index < -0.39 is 0 Å². The molecule has 23 heavy (non-hydrogen) atoms. The van der Waals surface area contributed by atoms with Crippen LogP contribution in [0.5, 0.6) is 0 Å².